The maximum atomic E-state index is 9.44. The third kappa shape index (κ3) is 3.65. The summed E-state index contributed by atoms with van der Waals surface area (Å²) in [6, 6.07) is 12.4. The van der Waals surface area contributed by atoms with Crippen LogP contribution in [-0.4, -0.2) is 0 Å². The van der Waals surface area contributed by atoms with E-state index in [-0.39, 0.29) is 54.6 Å². The van der Waals surface area contributed by atoms with E-state index < -0.39 is 84.6 Å². The number of hydrogen-bond donors (Lipinski definition) is 0. The Bertz CT molecular complexity index is 3200. The minimum atomic E-state index is -0.672. The van der Waals surface area contributed by atoms with Crippen LogP contribution in [0, 0.1) is 0 Å². The van der Waals surface area contributed by atoms with Crippen LogP contribution in [-0.2, 0) is 0 Å². The zero-order valence-electron chi connectivity index (χ0n) is 36.3. The quantitative estimate of drug-likeness (QED) is 0.196. The maximum absolute atomic E-state index is 9.44. The van der Waals surface area contributed by atoms with Crippen LogP contribution in [0.5, 0.6) is 0 Å². The van der Waals surface area contributed by atoms with Gasteiger partial charge >= 0.3 is 0 Å². The molecule has 0 amide bonds. The van der Waals surface area contributed by atoms with E-state index in [0.717, 1.165) is 5.39 Å². The van der Waals surface area contributed by atoms with Gasteiger partial charge < -0.3 is 4.42 Å². The zero-order chi connectivity index (χ0) is 40.5. The van der Waals surface area contributed by atoms with E-state index in [1.165, 1.54) is 0 Å². The SMILES string of the molecule is [2H]c1c([2H])c(-c2c3c([2H])c([2H])c([2H])c([2H])c3c(-c3ccccc3)c3c([2H])c([2H])c([2H])c([2H])c23)c2c([2H])c([2H])c([2H])c(-c3ccc4oc5ccccc5c4c3)c2c1[2H]. The molecule has 0 bridgehead atoms. The van der Waals surface area contributed by atoms with Crippen molar-refractivity contribution in [1.29, 1.82) is 0 Å². The molecule has 9 aromatic rings. The van der Waals surface area contributed by atoms with Crippen molar-refractivity contribution in [2.75, 3.05) is 0 Å². The van der Waals surface area contributed by atoms with E-state index in [1.807, 2.05) is 18.2 Å². The van der Waals surface area contributed by atoms with E-state index >= 15 is 0 Å². The summed E-state index contributed by atoms with van der Waals surface area (Å²) in [4.78, 5) is 0. The van der Waals surface area contributed by atoms with Gasteiger partial charge in [0.2, 0.25) is 0 Å². The third-order valence-electron chi connectivity index (χ3n) is 7.85. The lowest BCUT2D eigenvalue weighted by molar-refractivity contribution is 0.669. The topological polar surface area (TPSA) is 13.1 Å². The molecule has 0 aliphatic heterocycles. The van der Waals surface area contributed by atoms with E-state index in [1.54, 1.807) is 54.6 Å². The van der Waals surface area contributed by atoms with Crippen molar-refractivity contribution in [3.05, 3.63) is 157 Å². The van der Waals surface area contributed by atoms with Crippen LogP contribution in [0.25, 0.3) is 87.6 Å². The smallest absolute Gasteiger partial charge is 0.135 e. The lowest BCUT2D eigenvalue weighted by atomic mass is 9.84. The zero-order valence-corrected chi connectivity index (χ0v) is 22.3. The number of furan rings is 1. The van der Waals surface area contributed by atoms with Crippen molar-refractivity contribution in [2.24, 2.45) is 0 Å². The van der Waals surface area contributed by atoms with Crippen LogP contribution in [0.1, 0.15) is 19.2 Å². The predicted octanol–water partition coefficient (Wildman–Crippen LogP) is 12.0. The molecule has 8 aromatic carbocycles. The molecule has 0 fully saturated rings. The van der Waals surface area contributed by atoms with Crippen LogP contribution >= 0.6 is 0 Å². The highest BCUT2D eigenvalue weighted by Gasteiger charge is 2.18. The summed E-state index contributed by atoms with van der Waals surface area (Å²) in [6.45, 7) is 0. The van der Waals surface area contributed by atoms with E-state index in [9.17, 15) is 11.0 Å². The number of rotatable bonds is 3. The molecule has 9 rings (SSSR count). The highest BCUT2D eigenvalue weighted by molar-refractivity contribution is 6.24. The fourth-order valence-electron chi connectivity index (χ4n) is 5.99. The first-order valence-electron chi connectivity index (χ1n) is 20.6. The van der Waals surface area contributed by atoms with Crippen LogP contribution in [0.4, 0.5) is 0 Å². The fourth-order valence-corrected chi connectivity index (χ4v) is 5.99. The Morgan fingerprint density at radius 3 is 1.65 bits per heavy atom. The molecule has 0 aliphatic carbocycles. The van der Waals surface area contributed by atoms with Crippen LogP contribution < -0.4 is 0 Å². The van der Waals surface area contributed by atoms with Gasteiger partial charge in [0.25, 0.3) is 0 Å². The Morgan fingerprint density at radius 1 is 0.372 bits per heavy atom. The number of hydrogen-bond acceptors (Lipinski definition) is 1. The lowest BCUT2D eigenvalue weighted by Gasteiger charge is -2.19. The van der Waals surface area contributed by atoms with Gasteiger partial charge in [0.1, 0.15) is 11.2 Å². The average Bonchev–Trinajstić information content (AvgIpc) is 3.59. The Kier molecular flexibility index (Phi) is 3.07. The highest BCUT2D eigenvalue weighted by atomic mass is 16.3. The first-order valence-corrected chi connectivity index (χ1v) is 13.6. The Labute approximate surface area is 268 Å². The van der Waals surface area contributed by atoms with Gasteiger partial charge in [-0.05, 0) is 83.9 Å². The van der Waals surface area contributed by atoms with E-state index in [2.05, 4.69) is 0 Å². The summed E-state index contributed by atoms with van der Waals surface area (Å²) in [5, 5.41) is 0.281. The summed E-state index contributed by atoms with van der Waals surface area (Å²) >= 11 is 0. The molecule has 0 saturated heterocycles. The van der Waals surface area contributed by atoms with Crippen molar-refractivity contribution in [3.8, 4) is 33.4 Å². The van der Waals surface area contributed by atoms with Crippen molar-refractivity contribution in [1.82, 2.24) is 0 Å². The predicted molar refractivity (Wildman–Crippen MR) is 183 cm³/mol. The second kappa shape index (κ2) is 9.44. The van der Waals surface area contributed by atoms with E-state index in [4.69, 9.17) is 12.6 Å². The second-order valence-electron chi connectivity index (χ2n) is 10.2. The monoisotopic (exact) mass is 560 g/mol. The molecule has 1 nitrogen and oxygen atoms in total. The molecule has 43 heavy (non-hydrogen) atoms. The van der Waals surface area contributed by atoms with Gasteiger partial charge in [0, 0.05) is 10.8 Å². The van der Waals surface area contributed by atoms with Crippen LogP contribution in [0.15, 0.2) is 162 Å². The minimum Gasteiger partial charge on any atom is -0.456 e. The molecule has 1 aromatic heterocycles. The number of fused-ring (bicyclic) bond motifs is 6. The Balaban J connectivity index is 1.58. The minimum absolute atomic E-state index is 0.00347. The Hall–Kier alpha value is -5.66. The molecular weight excluding hydrogens is 520 g/mol. The summed E-state index contributed by atoms with van der Waals surface area (Å²) in [5.74, 6) is 0. The summed E-state index contributed by atoms with van der Waals surface area (Å²) in [6.07, 6.45) is 0. The van der Waals surface area contributed by atoms with Crippen molar-refractivity contribution >= 4 is 54.3 Å². The van der Waals surface area contributed by atoms with Crippen molar-refractivity contribution in [2.45, 2.75) is 0 Å². The molecule has 0 N–H and O–H groups in total. The largest absolute Gasteiger partial charge is 0.456 e. The molecule has 0 spiro atoms. The van der Waals surface area contributed by atoms with Gasteiger partial charge in [-0.15, -0.1) is 0 Å². The van der Waals surface area contributed by atoms with Gasteiger partial charge in [-0.1, -0.05) is 139 Å². The summed E-state index contributed by atoms with van der Waals surface area (Å²) in [5.41, 5.74) is 1.31. The lowest BCUT2D eigenvalue weighted by Crippen LogP contribution is -1.92. The fraction of sp³-hybridized carbons (Fsp3) is 0. The molecule has 0 aliphatic rings. The Morgan fingerprint density at radius 2 is 0.930 bits per heavy atom. The molecule has 1 heterocycles. The number of para-hydroxylation sites is 1. The van der Waals surface area contributed by atoms with Crippen molar-refractivity contribution < 1.29 is 23.6 Å². The molecular formula is C42H26O. The molecule has 1 heteroatoms. The standard InChI is InChI=1S/C42H26O/c1-2-12-27(13-3-1)41-34-15-4-6-17-36(34)42(37-18-7-5-16-35(37)41)33-22-11-20-30-29(19-10-21-31(30)33)28-24-25-40-38(26-28)32-14-8-9-23-39(32)43-40/h1-26H/i4D,5D,6D,7D,10D,11D,15D,16D,17D,18D,19D,20D,21D,22D. The molecule has 0 unspecified atom stereocenters. The first-order chi connectivity index (χ1) is 27.2. The maximum Gasteiger partial charge on any atom is 0.135 e. The first kappa shape index (κ1) is 14.0. The normalized spacial score (nSPS) is 16.3. The van der Waals surface area contributed by atoms with E-state index in [0.29, 0.717) is 27.7 Å². The summed E-state index contributed by atoms with van der Waals surface area (Å²) in [7, 11) is 0. The van der Waals surface area contributed by atoms with Gasteiger partial charge in [-0.3, -0.25) is 0 Å². The molecule has 200 valence electrons. The second-order valence-corrected chi connectivity index (χ2v) is 10.2. The summed E-state index contributed by atoms with van der Waals surface area (Å²) < 4.78 is 134. The van der Waals surface area contributed by atoms with Crippen LogP contribution in [0.2, 0.25) is 0 Å². The van der Waals surface area contributed by atoms with Gasteiger partial charge in [0.15, 0.2) is 0 Å². The number of benzene rings is 8. The van der Waals surface area contributed by atoms with Crippen LogP contribution in [0.3, 0.4) is 0 Å². The molecule has 0 saturated carbocycles. The van der Waals surface area contributed by atoms with Crippen molar-refractivity contribution in [3.63, 3.8) is 0 Å². The molecule has 0 radical (unpaired) electrons. The highest BCUT2D eigenvalue weighted by Crippen LogP contribution is 2.46. The average molecular weight is 561 g/mol. The van der Waals surface area contributed by atoms with Gasteiger partial charge in [-0.25, -0.2) is 0 Å². The molecule has 0 atom stereocenters. The van der Waals surface area contributed by atoms with Gasteiger partial charge in [0.05, 0.1) is 19.2 Å². The van der Waals surface area contributed by atoms with Gasteiger partial charge in [-0.2, -0.15) is 0 Å². The third-order valence-corrected chi connectivity index (χ3v) is 7.85.